The minimum absolute atomic E-state index is 0.00885. The van der Waals surface area contributed by atoms with Crippen LogP contribution in [0.25, 0.3) is 11.5 Å². The van der Waals surface area contributed by atoms with Gasteiger partial charge >= 0.3 is 0 Å². The van der Waals surface area contributed by atoms with Crippen molar-refractivity contribution in [3.8, 4) is 11.5 Å². The van der Waals surface area contributed by atoms with Crippen LogP contribution in [0.5, 0.6) is 0 Å². The fraction of sp³-hybridized carbons (Fsp3) is 0.360. The molecule has 0 spiro atoms. The van der Waals surface area contributed by atoms with E-state index in [1.165, 1.54) is 0 Å². The maximum absolute atomic E-state index is 12.6. The first-order valence-corrected chi connectivity index (χ1v) is 11.0. The molecule has 4 rings (SSSR count). The molecule has 0 aliphatic carbocycles. The number of amides is 2. The Morgan fingerprint density at radius 2 is 2.03 bits per heavy atom. The van der Waals surface area contributed by atoms with E-state index in [1.54, 1.807) is 36.5 Å². The lowest BCUT2D eigenvalue weighted by atomic mass is 9.88. The van der Waals surface area contributed by atoms with E-state index in [0.29, 0.717) is 48.3 Å². The van der Waals surface area contributed by atoms with Crippen molar-refractivity contribution >= 4 is 17.5 Å². The average molecular weight is 449 g/mol. The fourth-order valence-electron chi connectivity index (χ4n) is 3.91. The summed E-state index contributed by atoms with van der Waals surface area (Å²) in [4.78, 5) is 33.7. The normalized spacial score (nSPS) is 17.4. The van der Waals surface area contributed by atoms with Crippen LogP contribution in [0.15, 0.2) is 53.1 Å². The molecule has 1 atom stereocenters. The molecule has 172 valence electrons. The molecule has 1 unspecified atom stereocenters. The third-order valence-corrected chi connectivity index (χ3v) is 5.66. The Hall–Kier alpha value is -3.52. The monoisotopic (exact) mass is 448 g/mol. The Balaban J connectivity index is 1.41. The fourth-order valence-corrected chi connectivity index (χ4v) is 3.91. The summed E-state index contributed by atoms with van der Waals surface area (Å²) in [6.45, 7) is 6.72. The molecular weight excluding hydrogens is 420 g/mol. The molecule has 1 aliphatic heterocycles. The lowest BCUT2D eigenvalue weighted by Gasteiger charge is -2.34. The Kier molecular flexibility index (Phi) is 6.55. The van der Waals surface area contributed by atoms with Crippen molar-refractivity contribution in [3.05, 3.63) is 65.8 Å². The summed E-state index contributed by atoms with van der Waals surface area (Å²) in [5.74, 6) is 0.712. The van der Waals surface area contributed by atoms with Crippen LogP contribution in [-0.2, 0) is 16.1 Å². The van der Waals surface area contributed by atoms with Crippen LogP contribution in [0.3, 0.4) is 0 Å². The molecule has 33 heavy (non-hydrogen) atoms. The van der Waals surface area contributed by atoms with Crippen molar-refractivity contribution in [2.75, 3.05) is 11.9 Å². The van der Waals surface area contributed by atoms with Crippen molar-refractivity contribution in [2.45, 2.75) is 45.8 Å². The number of carbonyl (C=O) groups is 2. The molecule has 0 saturated carbocycles. The van der Waals surface area contributed by atoms with E-state index in [2.05, 4.69) is 20.6 Å². The molecule has 1 aromatic carbocycles. The van der Waals surface area contributed by atoms with Gasteiger partial charge in [0.1, 0.15) is 17.1 Å². The number of hydrogen-bond acceptors (Lipinski definition) is 6. The Bertz CT molecular complexity index is 1140. The highest BCUT2D eigenvalue weighted by molar-refractivity contribution is 6.03. The maximum atomic E-state index is 12.6. The number of benzene rings is 1. The van der Waals surface area contributed by atoms with E-state index in [4.69, 9.17) is 9.15 Å². The van der Waals surface area contributed by atoms with Crippen LogP contribution >= 0.6 is 0 Å². The van der Waals surface area contributed by atoms with E-state index in [1.807, 2.05) is 32.9 Å². The number of nitrogens with one attached hydrogen (secondary N) is 2. The zero-order chi connectivity index (χ0) is 23.4. The lowest BCUT2D eigenvalue weighted by molar-refractivity contribution is -0.135. The van der Waals surface area contributed by atoms with Gasteiger partial charge in [-0.2, -0.15) is 0 Å². The highest BCUT2D eigenvalue weighted by Crippen LogP contribution is 2.29. The quantitative estimate of drug-likeness (QED) is 0.588. The van der Waals surface area contributed by atoms with Gasteiger partial charge in [0.15, 0.2) is 0 Å². The van der Waals surface area contributed by atoms with Gasteiger partial charge in [-0.15, -0.1) is 0 Å². The minimum Gasteiger partial charge on any atom is -0.441 e. The number of carbonyl (C=O) groups excluding carboxylic acids is 2. The summed E-state index contributed by atoms with van der Waals surface area (Å²) in [5, 5.41) is 5.82. The molecule has 2 aromatic heterocycles. The highest BCUT2D eigenvalue weighted by atomic mass is 16.5. The summed E-state index contributed by atoms with van der Waals surface area (Å²) < 4.78 is 11.6. The van der Waals surface area contributed by atoms with Gasteiger partial charge in [0.25, 0.3) is 5.91 Å². The summed E-state index contributed by atoms with van der Waals surface area (Å²) in [7, 11) is 0. The van der Waals surface area contributed by atoms with Gasteiger partial charge in [-0.05, 0) is 63.9 Å². The summed E-state index contributed by atoms with van der Waals surface area (Å²) in [5.41, 5.74) is 2.05. The van der Waals surface area contributed by atoms with Gasteiger partial charge in [-0.1, -0.05) is 12.1 Å². The van der Waals surface area contributed by atoms with Gasteiger partial charge in [0.2, 0.25) is 11.8 Å². The third-order valence-electron chi connectivity index (χ3n) is 5.66. The van der Waals surface area contributed by atoms with Gasteiger partial charge in [0, 0.05) is 30.0 Å². The number of anilines is 1. The number of ether oxygens (including phenoxy) is 1. The SMILES string of the molecule is Cc1oc(-c2cccc(NC(=O)c3ccccn3)c2)nc1CNC(=O)C1CCOC(C)(C)C1. The zero-order valence-corrected chi connectivity index (χ0v) is 19.1. The molecule has 3 aromatic rings. The van der Waals surface area contributed by atoms with Crippen LogP contribution in [-0.4, -0.2) is 34.0 Å². The highest BCUT2D eigenvalue weighted by Gasteiger charge is 2.32. The molecule has 0 radical (unpaired) electrons. The van der Waals surface area contributed by atoms with Crippen LogP contribution in [0.1, 0.15) is 48.6 Å². The molecule has 1 saturated heterocycles. The maximum Gasteiger partial charge on any atom is 0.274 e. The first kappa shape index (κ1) is 22.7. The molecule has 0 bridgehead atoms. The number of rotatable bonds is 6. The molecular formula is C25H28N4O4. The van der Waals surface area contributed by atoms with Crippen molar-refractivity contribution < 1.29 is 18.7 Å². The number of nitrogens with zero attached hydrogens (tertiary/aromatic N) is 2. The molecule has 2 amide bonds. The number of oxazole rings is 1. The second-order valence-electron chi connectivity index (χ2n) is 8.79. The van der Waals surface area contributed by atoms with E-state index in [-0.39, 0.29) is 23.3 Å². The van der Waals surface area contributed by atoms with E-state index in [9.17, 15) is 9.59 Å². The standard InChI is InChI=1S/C25H28N4O4/c1-16-21(15-27-22(30)18-10-12-32-25(2,3)14-18)29-24(33-16)17-7-6-8-19(13-17)28-23(31)20-9-4-5-11-26-20/h4-9,11,13,18H,10,12,14-15H2,1-3H3,(H,27,30)(H,28,31). The van der Waals surface area contributed by atoms with Gasteiger partial charge < -0.3 is 19.8 Å². The average Bonchev–Trinajstić information content (AvgIpc) is 3.18. The number of hydrogen-bond donors (Lipinski definition) is 2. The van der Waals surface area contributed by atoms with Crippen LogP contribution in [0, 0.1) is 12.8 Å². The van der Waals surface area contributed by atoms with Crippen LogP contribution in [0.2, 0.25) is 0 Å². The van der Waals surface area contributed by atoms with Crippen LogP contribution in [0.4, 0.5) is 5.69 Å². The predicted molar refractivity (Wildman–Crippen MR) is 123 cm³/mol. The van der Waals surface area contributed by atoms with Gasteiger partial charge in [-0.3, -0.25) is 14.6 Å². The first-order valence-electron chi connectivity index (χ1n) is 11.0. The number of aryl methyl sites for hydroxylation is 1. The molecule has 1 aliphatic rings. The van der Waals surface area contributed by atoms with Gasteiger partial charge in [0.05, 0.1) is 12.1 Å². The summed E-state index contributed by atoms with van der Waals surface area (Å²) in [6, 6.07) is 12.4. The van der Waals surface area contributed by atoms with Crippen molar-refractivity contribution in [2.24, 2.45) is 5.92 Å². The molecule has 1 fully saturated rings. The second-order valence-corrected chi connectivity index (χ2v) is 8.79. The molecule has 2 N–H and O–H groups in total. The Labute approximate surface area is 192 Å². The molecule has 3 heterocycles. The van der Waals surface area contributed by atoms with Crippen molar-refractivity contribution in [1.29, 1.82) is 0 Å². The Morgan fingerprint density at radius 3 is 2.79 bits per heavy atom. The minimum atomic E-state index is -0.295. The summed E-state index contributed by atoms with van der Waals surface area (Å²) in [6.07, 6.45) is 2.98. The van der Waals surface area contributed by atoms with Gasteiger partial charge in [-0.25, -0.2) is 4.98 Å². The lowest BCUT2D eigenvalue weighted by Crippen LogP contribution is -2.41. The zero-order valence-electron chi connectivity index (χ0n) is 19.1. The van der Waals surface area contributed by atoms with Crippen molar-refractivity contribution in [3.63, 3.8) is 0 Å². The van der Waals surface area contributed by atoms with Crippen molar-refractivity contribution in [1.82, 2.24) is 15.3 Å². The smallest absolute Gasteiger partial charge is 0.274 e. The Morgan fingerprint density at radius 1 is 1.18 bits per heavy atom. The number of aromatic nitrogens is 2. The topological polar surface area (TPSA) is 106 Å². The largest absolute Gasteiger partial charge is 0.441 e. The molecule has 8 nitrogen and oxygen atoms in total. The third kappa shape index (κ3) is 5.64. The van der Waals surface area contributed by atoms with E-state index >= 15 is 0 Å². The summed E-state index contributed by atoms with van der Waals surface area (Å²) >= 11 is 0. The second kappa shape index (κ2) is 9.54. The predicted octanol–water partition coefficient (Wildman–Crippen LogP) is 4.12. The molecule has 8 heteroatoms. The number of pyridine rings is 1. The van der Waals surface area contributed by atoms with E-state index < -0.39 is 0 Å². The van der Waals surface area contributed by atoms with Crippen LogP contribution < -0.4 is 10.6 Å². The first-order chi connectivity index (χ1) is 15.8. The van der Waals surface area contributed by atoms with E-state index in [0.717, 1.165) is 12.0 Å².